The van der Waals surface area contributed by atoms with Crippen LogP contribution in [0, 0.1) is 23.7 Å². The summed E-state index contributed by atoms with van der Waals surface area (Å²) in [6.07, 6.45) is 7.11. The molecule has 30 heavy (non-hydrogen) atoms. The van der Waals surface area contributed by atoms with Crippen LogP contribution in [0.15, 0.2) is 24.3 Å². The number of anilines is 1. The fourth-order valence-corrected chi connectivity index (χ4v) is 6.26. The Kier molecular flexibility index (Phi) is 5.35. The van der Waals surface area contributed by atoms with Crippen LogP contribution >= 0.6 is 0 Å². The molecule has 6 nitrogen and oxygen atoms in total. The lowest BCUT2D eigenvalue weighted by atomic mass is 9.81. The van der Waals surface area contributed by atoms with Crippen molar-refractivity contribution in [2.75, 3.05) is 25.0 Å². The Morgan fingerprint density at radius 1 is 0.967 bits per heavy atom. The van der Waals surface area contributed by atoms with Crippen molar-refractivity contribution in [3.05, 3.63) is 29.8 Å². The monoisotopic (exact) mass is 409 g/mol. The number of benzene rings is 1. The standard InChI is InChI=1S/C24H31N3O3/c28-20(25-19-7-3-2-6-18(19)15-26-11-4-1-5-12-26)10-13-27-23(29)21-16-8-9-17(14-16)22(21)24(27)30/h2-3,6-7,16-17,21-22H,1,4-5,8-15H2,(H,25,28). The molecule has 2 bridgehead atoms. The Morgan fingerprint density at radius 2 is 1.63 bits per heavy atom. The molecule has 1 N–H and O–H groups in total. The van der Waals surface area contributed by atoms with E-state index in [2.05, 4.69) is 16.3 Å². The van der Waals surface area contributed by atoms with Gasteiger partial charge in [0.05, 0.1) is 11.8 Å². The predicted octanol–water partition coefficient (Wildman–Crippen LogP) is 3.03. The number of nitrogens with one attached hydrogen (secondary N) is 1. The van der Waals surface area contributed by atoms with E-state index in [1.807, 2.05) is 18.2 Å². The molecule has 4 aliphatic rings. The number of carbonyl (C=O) groups is 3. The quantitative estimate of drug-likeness (QED) is 0.734. The van der Waals surface area contributed by atoms with Crippen LogP contribution in [0.4, 0.5) is 5.69 Å². The Hall–Kier alpha value is -2.21. The van der Waals surface area contributed by atoms with Crippen molar-refractivity contribution in [2.24, 2.45) is 23.7 Å². The Balaban J connectivity index is 1.18. The minimum absolute atomic E-state index is 0.0319. The third-order valence-corrected chi connectivity index (χ3v) is 7.72. The summed E-state index contributed by atoms with van der Waals surface area (Å²) in [5.41, 5.74) is 1.95. The van der Waals surface area contributed by atoms with Gasteiger partial charge in [-0.05, 0) is 68.7 Å². The zero-order valence-corrected chi connectivity index (χ0v) is 17.5. The summed E-state index contributed by atoms with van der Waals surface area (Å²) in [7, 11) is 0. The van der Waals surface area contributed by atoms with E-state index in [1.54, 1.807) is 0 Å². The molecule has 0 aromatic heterocycles. The second-order valence-corrected chi connectivity index (χ2v) is 9.51. The van der Waals surface area contributed by atoms with Crippen molar-refractivity contribution in [1.29, 1.82) is 0 Å². The highest BCUT2D eigenvalue weighted by Gasteiger charge is 2.60. The van der Waals surface area contributed by atoms with E-state index in [4.69, 9.17) is 0 Å². The molecular formula is C24H31N3O3. The lowest BCUT2D eigenvalue weighted by molar-refractivity contribution is -0.140. The summed E-state index contributed by atoms with van der Waals surface area (Å²) in [4.78, 5) is 42.1. The fourth-order valence-electron chi connectivity index (χ4n) is 6.26. The number of nitrogens with zero attached hydrogens (tertiary/aromatic N) is 2. The first kappa shape index (κ1) is 19.7. The van der Waals surface area contributed by atoms with Crippen molar-refractivity contribution in [3.63, 3.8) is 0 Å². The van der Waals surface area contributed by atoms with E-state index >= 15 is 0 Å². The summed E-state index contributed by atoms with van der Waals surface area (Å²) < 4.78 is 0. The number of likely N-dealkylation sites (tertiary alicyclic amines) is 2. The molecule has 4 atom stereocenters. The van der Waals surface area contributed by atoms with Crippen LogP contribution in [0.25, 0.3) is 0 Å². The molecule has 0 spiro atoms. The van der Waals surface area contributed by atoms with Gasteiger partial charge < -0.3 is 5.32 Å². The third kappa shape index (κ3) is 3.55. The molecule has 1 aromatic carbocycles. The van der Waals surface area contributed by atoms with Gasteiger partial charge >= 0.3 is 0 Å². The van der Waals surface area contributed by atoms with Crippen LogP contribution in [0.5, 0.6) is 0 Å². The SMILES string of the molecule is O=C(CCN1C(=O)C2C3CCC(C3)C2C1=O)Nc1ccccc1CN1CCCCC1. The van der Waals surface area contributed by atoms with Gasteiger partial charge in [-0.1, -0.05) is 24.6 Å². The molecule has 0 radical (unpaired) electrons. The van der Waals surface area contributed by atoms with Crippen LogP contribution in [-0.2, 0) is 20.9 Å². The molecule has 2 saturated carbocycles. The Bertz CT molecular complexity index is 820. The number of imide groups is 1. The van der Waals surface area contributed by atoms with Crippen molar-refractivity contribution in [1.82, 2.24) is 9.80 Å². The second kappa shape index (κ2) is 8.14. The number of carbonyl (C=O) groups excluding carboxylic acids is 3. The van der Waals surface area contributed by atoms with E-state index in [1.165, 1.54) is 24.2 Å². The minimum atomic E-state index is -0.137. The van der Waals surface area contributed by atoms with Gasteiger partial charge in [0.2, 0.25) is 17.7 Å². The van der Waals surface area contributed by atoms with Crippen molar-refractivity contribution < 1.29 is 14.4 Å². The first-order valence-electron chi connectivity index (χ1n) is 11.6. The van der Waals surface area contributed by atoms with E-state index < -0.39 is 0 Å². The zero-order valence-electron chi connectivity index (χ0n) is 17.5. The largest absolute Gasteiger partial charge is 0.326 e. The van der Waals surface area contributed by atoms with E-state index in [0.717, 1.165) is 50.1 Å². The van der Waals surface area contributed by atoms with Crippen molar-refractivity contribution in [2.45, 2.75) is 51.5 Å². The first-order chi connectivity index (χ1) is 14.6. The second-order valence-electron chi connectivity index (χ2n) is 9.51. The van der Waals surface area contributed by atoms with Crippen LogP contribution in [0.3, 0.4) is 0 Å². The van der Waals surface area contributed by atoms with Crippen LogP contribution in [0.2, 0.25) is 0 Å². The average molecular weight is 410 g/mol. The lowest BCUT2D eigenvalue weighted by Gasteiger charge is -2.27. The molecule has 2 saturated heterocycles. The number of fused-ring (bicyclic) bond motifs is 5. The minimum Gasteiger partial charge on any atom is -0.326 e. The topological polar surface area (TPSA) is 69.7 Å². The maximum absolute atomic E-state index is 12.8. The van der Waals surface area contributed by atoms with Gasteiger partial charge in [0.25, 0.3) is 0 Å². The van der Waals surface area contributed by atoms with E-state index in [-0.39, 0.29) is 42.5 Å². The highest BCUT2D eigenvalue weighted by atomic mass is 16.2. The number of amides is 3. The van der Waals surface area contributed by atoms with Gasteiger partial charge in [-0.2, -0.15) is 0 Å². The van der Waals surface area contributed by atoms with Gasteiger partial charge in [-0.15, -0.1) is 0 Å². The van der Waals surface area contributed by atoms with Crippen molar-refractivity contribution >= 4 is 23.4 Å². The number of hydrogen-bond acceptors (Lipinski definition) is 4. The summed E-state index contributed by atoms with van der Waals surface area (Å²) in [5.74, 6) is 0.357. The Morgan fingerprint density at radius 3 is 2.33 bits per heavy atom. The number of para-hydroxylation sites is 1. The van der Waals surface area contributed by atoms with Gasteiger partial charge in [0.15, 0.2) is 0 Å². The molecular weight excluding hydrogens is 378 g/mol. The average Bonchev–Trinajstić information content (AvgIpc) is 3.43. The molecule has 160 valence electrons. The maximum Gasteiger partial charge on any atom is 0.233 e. The van der Waals surface area contributed by atoms with Gasteiger partial charge in [-0.25, -0.2) is 0 Å². The predicted molar refractivity (Wildman–Crippen MR) is 113 cm³/mol. The normalized spacial score (nSPS) is 30.7. The molecule has 2 aliphatic carbocycles. The summed E-state index contributed by atoms with van der Waals surface area (Å²) in [6.45, 7) is 3.24. The highest BCUT2D eigenvalue weighted by molar-refractivity contribution is 6.06. The molecule has 2 aliphatic heterocycles. The fraction of sp³-hybridized carbons (Fsp3) is 0.625. The molecule has 2 heterocycles. The maximum atomic E-state index is 12.8. The number of piperidine rings is 1. The molecule has 6 heteroatoms. The van der Waals surface area contributed by atoms with E-state index in [9.17, 15) is 14.4 Å². The number of rotatable bonds is 6. The summed E-state index contributed by atoms with van der Waals surface area (Å²) in [6, 6.07) is 7.93. The van der Waals surface area contributed by atoms with Gasteiger partial charge in [0.1, 0.15) is 0 Å². The van der Waals surface area contributed by atoms with E-state index in [0.29, 0.717) is 11.8 Å². The lowest BCUT2D eigenvalue weighted by Crippen LogP contribution is -2.35. The van der Waals surface area contributed by atoms with Gasteiger partial charge in [0, 0.05) is 25.2 Å². The molecule has 1 aromatic rings. The smallest absolute Gasteiger partial charge is 0.233 e. The summed E-state index contributed by atoms with van der Waals surface area (Å²) in [5, 5.41) is 3.02. The Labute approximate surface area is 178 Å². The molecule has 4 fully saturated rings. The third-order valence-electron chi connectivity index (χ3n) is 7.72. The van der Waals surface area contributed by atoms with Crippen LogP contribution in [-0.4, -0.2) is 47.2 Å². The molecule has 3 amide bonds. The van der Waals surface area contributed by atoms with Gasteiger partial charge in [-0.3, -0.25) is 24.2 Å². The zero-order chi connectivity index (χ0) is 20.7. The first-order valence-corrected chi connectivity index (χ1v) is 11.6. The van der Waals surface area contributed by atoms with Crippen molar-refractivity contribution in [3.8, 4) is 0 Å². The van der Waals surface area contributed by atoms with Crippen LogP contribution in [0.1, 0.15) is 50.5 Å². The molecule has 5 rings (SSSR count). The highest BCUT2D eigenvalue weighted by Crippen LogP contribution is 2.56. The van der Waals surface area contributed by atoms with Crippen LogP contribution < -0.4 is 5.32 Å². The molecule has 4 unspecified atom stereocenters. The number of hydrogen-bond donors (Lipinski definition) is 1. The summed E-state index contributed by atoms with van der Waals surface area (Å²) >= 11 is 0.